The number of hydrogen-bond donors (Lipinski definition) is 6. The van der Waals surface area contributed by atoms with Crippen LogP contribution < -0.4 is 0 Å². The molecule has 6 saturated heterocycles. The van der Waals surface area contributed by atoms with E-state index in [2.05, 4.69) is 13.2 Å². The molecule has 23 atom stereocenters. The summed E-state index contributed by atoms with van der Waals surface area (Å²) in [5, 5.41) is 70.8. The van der Waals surface area contributed by atoms with Gasteiger partial charge in [0.1, 0.15) is 36.3 Å². The standard InChI is InChI=1S/C58H90O20/c1-30(2)17-48-50(65)52-35(7)53(72-48)54(66)58(68)28-46(63)33(5)47(78-58)16-14-12-13-15-39-19-38(61)24-56(74-39)26-42(69-11)20-40(75-56)22-45(62)34(6)51(71-37(9)60)32(4)31(3)18-44-25-55(10,67)29-57(77-44)27-43(70-36(8)59)21-41(76-57)23-49(64)73-52/h13,15,32-35,38-44,46-48,50-54,61,63,65-68H,1,3,12,14,16-29H2,2,4-11H3/b15-13-/t32-,33-,34-,35-,38+,39+,40+,41-,42+,43+,44+,46+,47-,48-,50-,51+,52-,53-,54+,55+,56-,57-,58-/m1/s1. The van der Waals surface area contributed by atoms with Crippen LogP contribution in [0.25, 0.3) is 0 Å². The van der Waals surface area contributed by atoms with Crippen molar-refractivity contribution in [1.29, 1.82) is 0 Å². The Morgan fingerprint density at radius 3 is 2.09 bits per heavy atom. The third-order valence-electron chi connectivity index (χ3n) is 17.4. The lowest BCUT2D eigenvalue weighted by molar-refractivity contribution is -0.351. The number of fused-ring (bicyclic) bond motifs is 8. The van der Waals surface area contributed by atoms with Gasteiger partial charge in [-0.2, -0.15) is 0 Å². The van der Waals surface area contributed by atoms with Gasteiger partial charge in [0.25, 0.3) is 0 Å². The molecule has 7 aliphatic rings. The fraction of sp³-hybridized carbons (Fsp3) is 0.828. The van der Waals surface area contributed by atoms with Crippen molar-refractivity contribution in [3.8, 4) is 0 Å². The first-order valence-corrected chi connectivity index (χ1v) is 28.3. The number of methoxy groups -OCH3 is 1. The van der Waals surface area contributed by atoms with Crippen molar-refractivity contribution in [2.24, 2.45) is 23.7 Å². The third kappa shape index (κ3) is 15.3. The number of aliphatic hydroxyl groups is 6. The number of ether oxygens (including phenoxy) is 10. The highest BCUT2D eigenvalue weighted by Crippen LogP contribution is 2.48. The molecule has 0 radical (unpaired) electrons. The number of esters is 3. The first kappa shape index (κ1) is 62.4. The van der Waals surface area contributed by atoms with Crippen LogP contribution in [0, 0.1) is 23.7 Å². The van der Waals surface area contributed by atoms with E-state index in [-0.39, 0.29) is 69.7 Å². The molecule has 78 heavy (non-hydrogen) atoms. The number of ketones is 1. The van der Waals surface area contributed by atoms with Crippen LogP contribution in [0.2, 0.25) is 0 Å². The van der Waals surface area contributed by atoms with Crippen LogP contribution in [-0.4, -0.2) is 176 Å². The van der Waals surface area contributed by atoms with Crippen LogP contribution in [0.15, 0.2) is 36.5 Å². The van der Waals surface area contributed by atoms with E-state index in [1.807, 2.05) is 19.1 Å². The van der Waals surface area contributed by atoms with Gasteiger partial charge in [0.05, 0.1) is 79.0 Å². The highest BCUT2D eigenvalue weighted by molar-refractivity contribution is 5.82. The summed E-state index contributed by atoms with van der Waals surface area (Å²) in [6.45, 7) is 21.2. The number of hydrogen-bond acceptors (Lipinski definition) is 20. The molecule has 0 unspecified atom stereocenters. The first-order chi connectivity index (χ1) is 36.5. The molecule has 0 aromatic carbocycles. The molecule has 0 saturated carbocycles. The topological polar surface area (TPSA) is 282 Å². The summed E-state index contributed by atoms with van der Waals surface area (Å²) in [6, 6.07) is 0. The summed E-state index contributed by atoms with van der Waals surface area (Å²) < 4.78 is 63.1. The number of allylic oxidation sites excluding steroid dienone is 1. The van der Waals surface area contributed by atoms with E-state index in [9.17, 15) is 49.8 Å². The molecule has 10 bridgehead atoms. The molecule has 0 aromatic heterocycles. The minimum absolute atomic E-state index is 0.00139. The van der Waals surface area contributed by atoms with Crippen molar-refractivity contribution < 1.29 is 97.2 Å². The summed E-state index contributed by atoms with van der Waals surface area (Å²) in [4.78, 5) is 53.9. The summed E-state index contributed by atoms with van der Waals surface area (Å²) in [5.41, 5.74) is -0.231. The van der Waals surface area contributed by atoms with Crippen molar-refractivity contribution in [2.75, 3.05) is 7.11 Å². The highest BCUT2D eigenvalue weighted by atomic mass is 16.7. The second-order valence-electron chi connectivity index (χ2n) is 24.6. The number of carbonyl (C=O) groups is 4. The Morgan fingerprint density at radius 2 is 1.41 bits per heavy atom. The molecule has 20 nitrogen and oxygen atoms in total. The quantitative estimate of drug-likeness (QED) is 0.122. The Labute approximate surface area is 459 Å². The SMILES string of the molecule is C=C(C)C[C@H]1O[C@@H]2[C@H](C)[C@@H](OC(=O)C[C@H]3C[C@H](OC(C)=O)C[C@@]4(C[C@@](C)(O)C[C@H](CC(=C)[C@@H](C)[C@H](OC(C)=O)[C@H](C)C(=O)C[C@@H]5C[C@H](OC)C[C@@]6(C[C@@H](O)C[C@H](/C=C\CCC[C@H]7O[C@](O)(C[C@H](O)[C@H]7C)[C@H]2O)O6)O5)O4)O3)[C@@H]1O. The Bertz CT molecular complexity index is 2170. The van der Waals surface area contributed by atoms with Gasteiger partial charge in [-0.3, -0.25) is 19.2 Å². The second-order valence-corrected chi connectivity index (χ2v) is 24.6. The average molecular weight is 1110 g/mol. The molecule has 6 N–H and O–H groups in total. The van der Waals surface area contributed by atoms with E-state index in [0.717, 1.165) is 0 Å². The molecular formula is C58H90O20. The molecule has 442 valence electrons. The zero-order valence-corrected chi connectivity index (χ0v) is 47.3. The Balaban J connectivity index is 1.21. The number of aliphatic hydroxyl groups excluding tert-OH is 4. The molecule has 0 aromatic rings. The number of carbonyl (C=O) groups excluding carboxylic acids is 4. The van der Waals surface area contributed by atoms with E-state index < -0.39 is 156 Å². The van der Waals surface area contributed by atoms with Crippen LogP contribution in [0.1, 0.15) is 158 Å². The molecule has 20 heteroatoms. The van der Waals surface area contributed by atoms with Gasteiger partial charge in [0, 0.05) is 103 Å². The van der Waals surface area contributed by atoms with Crippen LogP contribution in [0.3, 0.4) is 0 Å². The van der Waals surface area contributed by atoms with Gasteiger partial charge in [0.2, 0.25) is 0 Å². The molecule has 0 aliphatic carbocycles. The van der Waals surface area contributed by atoms with E-state index >= 15 is 0 Å². The van der Waals surface area contributed by atoms with E-state index in [0.29, 0.717) is 49.7 Å². The minimum atomic E-state index is -2.32. The highest BCUT2D eigenvalue weighted by Gasteiger charge is 2.58. The third-order valence-corrected chi connectivity index (χ3v) is 17.4. The Morgan fingerprint density at radius 1 is 0.756 bits per heavy atom. The van der Waals surface area contributed by atoms with Crippen LogP contribution in [-0.2, 0) is 66.5 Å². The van der Waals surface area contributed by atoms with E-state index in [1.54, 1.807) is 41.7 Å². The lowest BCUT2D eigenvalue weighted by Crippen LogP contribution is -2.65. The zero-order chi connectivity index (χ0) is 57.2. The average Bonchev–Trinajstić information content (AvgIpc) is 3.32. The Kier molecular flexibility index (Phi) is 20.4. The summed E-state index contributed by atoms with van der Waals surface area (Å²) >= 11 is 0. The van der Waals surface area contributed by atoms with E-state index in [4.69, 9.17) is 47.4 Å². The lowest BCUT2D eigenvalue weighted by atomic mass is 9.78. The zero-order valence-electron chi connectivity index (χ0n) is 47.3. The maximum Gasteiger partial charge on any atom is 0.308 e. The smallest absolute Gasteiger partial charge is 0.308 e. The van der Waals surface area contributed by atoms with Crippen molar-refractivity contribution >= 4 is 23.7 Å². The van der Waals surface area contributed by atoms with Gasteiger partial charge in [-0.05, 0) is 46.0 Å². The fourth-order valence-corrected chi connectivity index (χ4v) is 13.5. The maximum absolute atomic E-state index is 14.4. The van der Waals surface area contributed by atoms with Crippen molar-refractivity contribution in [2.45, 2.75) is 273 Å². The van der Waals surface area contributed by atoms with Crippen LogP contribution in [0.5, 0.6) is 0 Å². The minimum Gasteiger partial charge on any atom is -0.462 e. The van der Waals surface area contributed by atoms with Gasteiger partial charge < -0.3 is 78.0 Å². The number of rotatable bonds is 5. The first-order valence-electron chi connectivity index (χ1n) is 28.3. The molecule has 7 heterocycles. The largest absolute Gasteiger partial charge is 0.462 e. The second kappa shape index (κ2) is 25.5. The monoisotopic (exact) mass is 1110 g/mol. The molecule has 7 rings (SSSR count). The van der Waals surface area contributed by atoms with Crippen molar-refractivity contribution in [3.05, 3.63) is 36.5 Å². The normalized spacial score (nSPS) is 47.0. The summed E-state index contributed by atoms with van der Waals surface area (Å²) in [5.74, 6) is -10.2. The van der Waals surface area contributed by atoms with Gasteiger partial charge in [-0.15, -0.1) is 6.58 Å². The lowest BCUT2D eigenvalue weighted by Gasteiger charge is -2.52. The Hall–Kier alpha value is -3.22. The molecular weight excluding hydrogens is 1020 g/mol. The summed E-state index contributed by atoms with van der Waals surface area (Å²) in [6.07, 6.45) is -8.71. The van der Waals surface area contributed by atoms with Gasteiger partial charge in [-0.25, -0.2) is 0 Å². The predicted molar refractivity (Wildman–Crippen MR) is 279 cm³/mol. The predicted octanol–water partition coefficient (Wildman–Crippen LogP) is 4.87. The van der Waals surface area contributed by atoms with Crippen LogP contribution >= 0.6 is 0 Å². The van der Waals surface area contributed by atoms with Gasteiger partial charge in [-0.1, -0.05) is 57.6 Å². The fourth-order valence-electron chi connectivity index (χ4n) is 13.5. The van der Waals surface area contributed by atoms with Gasteiger partial charge >= 0.3 is 17.9 Å². The van der Waals surface area contributed by atoms with Crippen LogP contribution in [0.4, 0.5) is 0 Å². The molecule has 0 amide bonds. The van der Waals surface area contributed by atoms with Crippen molar-refractivity contribution in [1.82, 2.24) is 0 Å². The van der Waals surface area contributed by atoms with Gasteiger partial charge in [0.15, 0.2) is 17.4 Å². The molecule has 7 aliphatic heterocycles. The molecule has 2 spiro atoms. The number of Topliss-reactive ketones (excluding diaryl/α,β-unsaturated/α-hetero) is 1. The van der Waals surface area contributed by atoms with E-state index in [1.165, 1.54) is 13.8 Å². The summed E-state index contributed by atoms with van der Waals surface area (Å²) in [7, 11) is 1.58. The van der Waals surface area contributed by atoms with Crippen molar-refractivity contribution in [3.63, 3.8) is 0 Å². The molecule has 6 fully saturated rings. The maximum atomic E-state index is 14.4.